The van der Waals surface area contributed by atoms with Gasteiger partial charge in [0.2, 0.25) is 0 Å². The van der Waals surface area contributed by atoms with E-state index in [-0.39, 0.29) is 6.54 Å². The summed E-state index contributed by atoms with van der Waals surface area (Å²) in [6, 6.07) is 0. The van der Waals surface area contributed by atoms with E-state index >= 15 is 0 Å². The summed E-state index contributed by atoms with van der Waals surface area (Å²) in [5.41, 5.74) is 0. The van der Waals surface area contributed by atoms with Gasteiger partial charge in [-0.15, -0.1) is 0 Å². The van der Waals surface area contributed by atoms with Crippen LogP contribution in [0, 0.1) is 5.92 Å². The number of nitrogens with zero attached hydrogens (tertiary/aromatic N) is 3. The molecule has 1 aliphatic heterocycles. The molecule has 1 fully saturated rings. The number of nitrogens with one attached hydrogen (secondary N) is 1. The Hall–Kier alpha value is -1.02. The second kappa shape index (κ2) is 9.19. The highest BCUT2D eigenvalue weighted by Gasteiger charge is 2.29. The van der Waals surface area contributed by atoms with Crippen LogP contribution in [0.25, 0.3) is 0 Å². The monoisotopic (exact) mass is 324 g/mol. The molecule has 0 spiro atoms. The van der Waals surface area contributed by atoms with Crippen LogP contribution in [0.5, 0.6) is 0 Å². The summed E-state index contributed by atoms with van der Waals surface area (Å²) in [5, 5.41) is 3.20. The van der Waals surface area contributed by atoms with Gasteiger partial charge in [0.05, 0.1) is 19.7 Å². The summed E-state index contributed by atoms with van der Waals surface area (Å²) in [5.74, 6) is 1.27. The maximum atomic E-state index is 12.3. The van der Waals surface area contributed by atoms with Crippen LogP contribution in [0.4, 0.5) is 13.2 Å². The van der Waals surface area contributed by atoms with Crippen molar-refractivity contribution in [1.29, 1.82) is 0 Å². The number of aliphatic imine (C=N–C) groups is 1. The highest BCUT2D eigenvalue weighted by molar-refractivity contribution is 5.80. The molecule has 1 saturated heterocycles. The lowest BCUT2D eigenvalue weighted by molar-refractivity contribution is -0.142. The molecule has 1 unspecified atom stereocenters. The molecular formula is C14H27F3N4O. The molecule has 0 aromatic heterocycles. The summed E-state index contributed by atoms with van der Waals surface area (Å²) < 4.78 is 42.0. The van der Waals surface area contributed by atoms with Gasteiger partial charge in [-0.05, 0) is 20.4 Å². The van der Waals surface area contributed by atoms with Crippen molar-refractivity contribution >= 4 is 5.96 Å². The largest absolute Gasteiger partial charge is 0.401 e. The number of rotatable bonds is 7. The van der Waals surface area contributed by atoms with Gasteiger partial charge >= 0.3 is 6.18 Å². The van der Waals surface area contributed by atoms with Crippen molar-refractivity contribution in [2.24, 2.45) is 10.9 Å². The Kier molecular flexibility index (Phi) is 7.95. The molecule has 1 N–H and O–H groups in total. The Balaban J connectivity index is 2.45. The molecule has 0 aromatic rings. The zero-order chi connectivity index (χ0) is 16.6. The molecule has 22 heavy (non-hydrogen) atoms. The molecule has 0 bridgehead atoms. The van der Waals surface area contributed by atoms with Crippen molar-refractivity contribution in [3.63, 3.8) is 0 Å². The lowest BCUT2D eigenvalue weighted by Crippen LogP contribution is -2.41. The molecule has 0 saturated carbocycles. The standard InChI is InChI=1S/C14H27F3N4O/c1-4-18-13(21-7-5-12(9-21)10-22-3)19-6-8-20(2)11-14(15,16)17/h12H,4-11H2,1-3H3,(H,18,19). The molecule has 0 amide bonds. The van der Waals surface area contributed by atoms with Crippen molar-refractivity contribution in [3.8, 4) is 0 Å². The number of guanidine groups is 1. The molecule has 0 radical (unpaired) electrons. The van der Waals surface area contributed by atoms with Gasteiger partial charge < -0.3 is 15.0 Å². The van der Waals surface area contributed by atoms with Crippen molar-refractivity contribution in [3.05, 3.63) is 0 Å². The molecule has 130 valence electrons. The van der Waals surface area contributed by atoms with Gasteiger partial charge in [0.1, 0.15) is 0 Å². The van der Waals surface area contributed by atoms with E-state index in [0.717, 1.165) is 38.6 Å². The van der Waals surface area contributed by atoms with Crippen LogP contribution in [0.2, 0.25) is 0 Å². The number of hydrogen-bond donors (Lipinski definition) is 1. The van der Waals surface area contributed by atoms with Crippen molar-refractivity contribution in [2.75, 3.05) is 60.0 Å². The third-order valence-electron chi connectivity index (χ3n) is 3.52. The number of hydrogen-bond acceptors (Lipinski definition) is 3. The highest BCUT2D eigenvalue weighted by Crippen LogP contribution is 2.17. The van der Waals surface area contributed by atoms with Crippen molar-refractivity contribution < 1.29 is 17.9 Å². The summed E-state index contributed by atoms with van der Waals surface area (Å²) in [6.07, 6.45) is -3.11. The minimum Gasteiger partial charge on any atom is -0.384 e. The van der Waals surface area contributed by atoms with Crippen LogP contribution in [-0.4, -0.2) is 82.0 Å². The van der Waals surface area contributed by atoms with E-state index in [1.807, 2.05) is 6.92 Å². The number of likely N-dealkylation sites (N-methyl/N-ethyl adjacent to an activating group) is 1. The Morgan fingerprint density at radius 1 is 1.45 bits per heavy atom. The number of alkyl halides is 3. The summed E-state index contributed by atoms with van der Waals surface area (Å²) in [7, 11) is 3.15. The molecule has 0 aliphatic carbocycles. The maximum Gasteiger partial charge on any atom is 0.401 e. The smallest absolute Gasteiger partial charge is 0.384 e. The highest BCUT2D eigenvalue weighted by atomic mass is 19.4. The predicted octanol–water partition coefficient (Wildman–Crippen LogP) is 1.41. The molecule has 1 atom stereocenters. The van der Waals surface area contributed by atoms with Crippen LogP contribution in [0.3, 0.4) is 0 Å². The Bertz CT molecular complexity index is 349. The van der Waals surface area contributed by atoms with Gasteiger partial charge in [0, 0.05) is 39.2 Å². The first-order valence-corrected chi connectivity index (χ1v) is 7.63. The minimum absolute atomic E-state index is 0.281. The number of ether oxygens (including phenoxy) is 1. The molecule has 5 nitrogen and oxygen atoms in total. The quantitative estimate of drug-likeness (QED) is 0.568. The van der Waals surface area contributed by atoms with E-state index in [9.17, 15) is 13.2 Å². The normalized spacial score (nSPS) is 20.0. The number of methoxy groups -OCH3 is 1. The Labute approximate surface area is 130 Å². The first-order valence-electron chi connectivity index (χ1n) is 7.63. The molecule has 8 heteroatoms. The third kappa shape index (κ3) is 7.31. The average Bonchev–Trinajstić information content (AvgIpc) is 2.84. The molecule has 1 rings (SSSR count). The van der Waals surface area contributed by atoms with Gasteiger partial charge in [-0.1, -0.05) is 0 Å². The summed E-state index contributed by atoms with van der Waals surface area (Å²) in [4.78, 5) is 7.83. The number of halogens is 3. The maximum absolute atomic E-state index is 12.3. The van der Waals surface area contributed by atoms with E-state index < -0.39 is 12.7 Å². The summed E-state index contributed by atoms with van der Waals surface area (Å²) in [6.45, 7) is 4.94. The van der Waals surface area contributed by atoms with Crippen LogP contribution < -0.4 is 5.32 Å². The average molecular weight is 324 g/mol. The fourth-order valence-electron chi connectivity index (χ4n) is 2.53. The molecule has 1 heterocycles. The van der Waals surface area contributed by atoms with Gasteiger partial charge in [0.15, 0.2) is 5.96 Å². The van der Waals surface area contributed by atoms with Gasteiger partial charge in [0.25, 0.3) is 0 Å². The fourth-order valence-corrected chi connectivity index (χ4v) is 2.53. The van der Waals surface area contributed by atoms with Crippen LogP contribution >= 0.6 is 0 Å². The topological polar surface area (TPSA) is 40.1 Å². The molecule has 1 aliphatic rings. The lowest BCUT2D eigenvalue weighted by atomic mass is 10.1. The SMILES string of the molecule is CCNC(=NCCN(C)CC(F)(F)F)N1CCC(COC)C1. The van der Waals surface area contributed by atoms with Crippen LogP contribution in [0.15, 0.2) is 4.99 Å². The Morgan fingerprint density at radius 2 is 2.18 bits per heavy atom. The lowest BCUT2D eigenvalue weighted by Gasteiger charge is -2.22. The summed E-state index contributed by atoms with van der Waals surface area (Å²) >= 11 is 0. The molecular weight excluding hydrogens is 297 g/mol. The van der Waals surface area contributed by atoms with Gasteiger partial charge in [-0.3, -0.25) is 9.89 Å². The van der Waals surface area contributed by atoms with Crippen molar-refractivity contribution in [2.45, 2.75) is 19.5 Å². The predicted molar refractivity (Wildman–Crippen MR) is 81.1 cm³/mol. The van der Waals surface area contributed by atoms with E-state index in [4.69, 9.17) is 4.74 Å². The zero-order valence-electron chi connectivity index (χ0n) is 13.6. The Morgan fingerprint density at radius 3 is 2.77 bits per heavy atom. The van der Waals surface area contributed by atoms with Crippen LogP contribution in [-0.2, 0) is 4.74 Å². The number of likely N-dealkylation sites (tertiary alicyclic amines) is 1. The van der Waals surface area contributed by atoms with Gasteiger partial charge in [-0.2, -0.15) is 13.2 Å². The van der Waals surface area contributed by atoms with E-state index in [1.165, 1.54) is 11.9 Å². The zero-order valence-corrected chi connectivity index (χ0v) is 13.6. The van der Waals surface area contributed by atoms with Crippen LogP contribution in [0.1, 0.15) is 13.3 Å². The second-order valence-corrected chi connectivity index (χ2v) is 5.64. The van der Waals surface area contributed by atoms with Gasteiger partial charge in [-0.25, -0.2) is 0 Å². The second-order valence-electron chi connectivity index (χ2n) is 5.64. The van der Waals surface area contributed by atoms with Crippen molar-refractivity contribution in [1.82, 2.24) is 15.1 Å². The minimum atomic E-state index is -4.16. The van der Waals surface area contributed by atoms with E-state index in [2.05, 4.69) is 15.2 Å². The first-order chi connectivity index (χ1) is 10.4. The third-order valence-corrected chi connectivity index (χ3v) is 3.52. The van der Waals surface area contributed by atoms with E-state index in [1.54, 1.807) is 7.11 Å². The van der Waals surface area contributed by atoms with E-state index in [0.29, 0.717) is 12.5 Å². The first kappa shape index (κ1) is 19.0. The molecule has 0 aromatic carbocycles. The fraction of sp³-hybridized carbons (Fsp3) is 0.929.